The Morgan fingerprint density at radius 2 is 1.97 bits per heavy atom. The molecule has 2 saturated heterocycles. The summed E-state index contributed by atoms with van der Waals surface area (Å²) in [6.07, 6.45) is 3.41. The molecule has 0 radical (unpaired) electrons. The molecule has 1 aromatic carbocycles. The third-order valence-electron chi connectivity index (χ3n) is 6.06. The SMILES string of the molecule is CC(C)(C)OC(=O)N1[C@H](/C=C\CC[C@H](N=[N+]=[N-])C(=O)N2C(=O)OC[C@@H]2Cc2ccccc2)COC1(C)C. The van der Waals surface area contributed by atoms with E-state index >= 15 is 0 Å². The molecule has 0 spiro atoms. The maximum Gasteiger partial charge on any atom is 0.416 e. The van der Waals surface area contributed by atoms with Gasteiger partial charge in [-0.25, -0.2) is 14.5 Å². The van der Waals surface area contributed by atoms with Crippen LogP contribution in [0.15, 0.2) is 47.6 Å². The lowest BCUT2D eigenvalue weighted by Gasteiger charge is -2.34. The molecule has 2 aliphatic rings. The standard InChI is InChI=1S/C26H35N5O6/c1-25(2,3)37-24(34)31-19(17-36-26(31,4)5)13-9-10-14-21(28-29-27)22(32)30-20(16-35-23(30)33)15-18-11-7-6-8-12-18/h6-9,11-13,19-21H,10,14-17H2,1-5H3/b13-9-/t19-,20+,21+/m1/s1. The molecule has 0 unspecified atom stereocenters. The number of rotatable bonds is 8. The zero-order chi connectivity index (χ0) is 27.2. The van der Waals surface area contributed by atoms with Crippen LogP contribution in [0.2, 0.25) is 0 Å². The highest BCUT2D eigenvalue weighted by atomic mass is 16.6. The quantitative estimate of drug-likeness (QED) is 0.209. The Morgan fingerprint density at radius 1 is 1.27 bits per heavy atom. The second kappa shape index (κ2) is 11.7. The zero-order valence-corrected chi connectivity index (χ0v) is 22.0. The van der Waals surface area contributed by atoms with E-state index in [-0.39, 0.29) is 19.1 Å². The molecule has 3 atom stereocenters. The van der Waals surface area contributed by atoms with Crippen LogP contribution in [0.4, 0.5) is 9.59 Å². The third kappa shape index (κ3) is 7.24. The molecule has 0 saturated carbocycles. The van der Waals surface area contributed by atoms with Crippen LogP contribution in [0.25, 0.3) is 10.4 Å². The van der Waals surface area contributed by atoms with Crippen molar-refractivity contribution in [2.75, 3.05) is 13.2 Å². The molecular weight excluding hydrogens is 478 g/mol. The Morgan fingerprint density at radius 3 is 2.62 bits per heavy atom. The molecule has 11 heteroatoms. The Bertz CT molecular complexity index is 1060. The van der Waals surface area contributed by atoms with Crippen molar-refractivity contribution in [3.05, 3.63) is 58.5 Å². The molecule has 3 rings (SSSR count). The summed E-state index contributed by atoms with van der Waals surface area (Å²) in [4.78, 5) is 43.8. The van der Waals surface area contributed by atoms with Crippen LogP contribution in [-0.4, -0.2) is 70.6 Å². The number of hydrogen-bond acceptors (Lipinski definition) is 7. The Kier molecular flexibility index (Phi) is 8.83. The van der Waals surface area contributed by atoms with Crippen molar-refractivity contribution in [3.63, 3.8) is 0 Å². The predicted molar refractivity (Wildman–Crippen MR) is 135 cm³/mol. The molecular formula is C26H35N5O6. The third-order valence-corrected chi connectivity index (χ3v) is 6.06. The van der Waals surface area contributed by atoms with Gasteiger partial charge in [-0.15, -0.1) is 0 Å². The van der Waals surface area contributed by atoms with E-state index in [2.05, 4.69) is 10.0 Å². The van der Waals surface area contributed by atoms with Gasteiger partial charge < -0.3 is 14.2 Å². The number of cyclic esters (lactones) is 1. The van der Waals surface area contributed by atoms with Gasteiger partial charge in [-0.2, -0.15) is 0 Å². The van der Waals surface area contributed by atoms with Crippen molar-refractivity contribution >= 4 is 18.1 Å². The summed E-state index contributed by atoms with van der Waals surface area (Å²) in [7, 11) is 0. The number of nitrogens with zero attached hydrogens (tertiary/aromatic N) is 5. The minimum absolute atomic E-state index is 0.0837. The Balaban J connectivity index is 1.64. The van der Waals surface area contributed by atoms with Crippen molar-refractivity contribution in [2.24, 2.45) is 5.11 Å². The van der Waals surface area contributed by atoms with Gasteiger partial charge in [-0.05, 0) is 65.0 Å². The van der Waals surface area contributed by atoms with Gasteiger partial charge >= 0.3 is 12.2 Å². The van der Waals surface area contributed by atoms with Crippen molar-refractivity contribution in [1.82, 2.24) is 9.80 Å². The van der Waals surface area contributed by atoms with E-state index in [1.54, 1.807) is 39.5 Å². The summed E-state index contributed by atoms with van der Waals surface area (Å²) < 4.78 is 16.5. The number of azide groups is 1. The molecule has 0 aromatic heterocycles. The lowest BCUT2D eigenvalue weighted by molar-refractivity contribution is -0.130. The van der Waals surface area contributed by atoms with Gasteiger partial charge in [0.1, 0.15) is 24.0 Å². The largest absolute Gasteiger partial charge is 0.447 e. The lowest BCUT2D eigenvalue weighted by atomic mass is 10.0. The van der Waals surface area contributed by atoms with Crippen LogP contribution in [0, 0.1) is 0 Å². The topological polar surface area (TPSA) is 134 Å². The molecule has 2 aliphatic heterocycles. The summed E-state index contributed by atoms with van der Waals surface area (Å²) >= 11 is 0. The van der Waals surface area contributed by atoms with Crippen molar-refractivity contribution in [1.29, 1.82) is 0 Å². The van der Waals surface area contributed by atoms with E-state index in [0.717, 1.165) is 10.5 Å². The summed E-state index contributed by atoms with van der Waals surface area (Å²) in [5.41, 5.74) is 8.52. The second-order valence-corrected chi connectivity index (χ2v) is 10.5. The lowest BCUT2D eigenvalue weighted by Crippen LogP contribution is -2.49. The first-order valence-electron chi connectivity index (χ1n) is 12.3. The molecule has 200 valence electrons. The van der Waals surface area contributed by atoms with Crippen LogP contribution >= 0.6 is 0 Å². The van der Waals surface area contributed by atoms with E-state index in [0.29, 0.717) is 19.4 Å². The molecule has 0 bridgehead atoms. The monoisotopic (exact) mass is 513 g/mol. The van der Waals surface area contributed by atoms with Gasteiger partial charge in [0.2, 0.25) is 5.91 Å². The number of ether oxygens (including phenoxy) is 3. The molecule has 1 aromatic rings. The normalized spacial score (nSPS) is 22.0. The van der Waals surface area contributed by atoms with Crippen LogP contribution in [0.5, 0.6) is 0 Å². The first kappa shape index (κ1) is 28.0. The number of hydrogen-bond donors (Lipinski definition) is 0. The molecule has 11 nitrogen and oxygen atoms in total. The van der Waals surface area contributed by atoms with Gasteiger partial charge in [-0.1, -0.05) is 47.6 Å². The minimum atomic E-state index is -1.07. The fraction of sp³-hybridized carbons (Fsp3) is 0.577. The predicted octanol–water partition coefficient (Wildman–Crippen LogP) is 4.96. The van der Waals surface area contributed by atoms with Crippen molar-refractivity contribution in [2.45, 2.75) is 83.3 Å². The number of imide groups is 1. The zero-order valence-electron chi connectivity index (χ0n) is 22.0. The summed E-state index contributed by atoms with van der Waals surface area (Å²) in [6.45, 7) is 9.36. The van der Waals surface area contributed by atoms with Crippen molar-refractivity contribution in [3.8, 4) is 0 Å². The van der Waals surface area contributed by atoms with E-state index < -0.39 is 41.5 Å². The van der Waals surface area contributed by atoms with Crippen LogP contribution in [-0.2, 0) is 25.4 Å². The molecule has 37 heavy (non-hydrogen) atoms. The Hall–Kier alpha value is -3.56. The van der Waals surface area contributed by atoms with E-state index in [9.17, 15) is 14.4 Å². The highest BCUT2D eigenvalue weighted by Crippen LogP contribution is 2.30. The first-order chi connectivity index (χ1) is 17.4. The number of benzene rings is 1. The maximum atomic E-state index is 13.2. The molecule has 3 amide bonds. The summed E-state index contributed by atoms with van der Waals surface area (Å²) in [6, 6.07) is 7.57. The van der Waals surface area contributed by atoms with E-state index in [4.69, 9.17) is 19.7 Å². The van der Waals surface area contributed by atoms with Gasteiger partial charge in [0.15, 0.2) is 0 Å². The van der Waals surface area contributed by atoms with Gasteiger partial charge in [-0.3, -0.25) is 9.69 Å². The van der Waals surface area contributed by atoms with Crippen LogP contribution < -0.4 is 0 Å². The molecule has 0 N–H and O–H groups in total. The van der Waals surface area contributed by atoms with Crippen LogP contribution in [0.1, 0.15) is 53.0 Å². The molecule has 2 fully saturated rings. The van der Waals surface area contributed by atoms with Crippen LogP contribution in [0.3, 0.4) is 0 Å². The Labute approximate surface area is 217 Å². The van der Waals surface area contributed by atoms with Gasteiger partial charge in [0.05, 0.1) is 18.7 Å². The molecule has 2 heterocycles. The van der Waals surface area contributed by atoms with Crippen molar-refractivity contribution < 1.29 is 28.6 Å². The highest BCUT2D eigenvalue weighted by molar-refractivity contribution is 5.96. The maximum absolute atomic E-state index is 13.2. The number of allylic oxidation sites excluding steroid dienone is 1. The first-order valence-corrected chi connectivity index (χ1v) is 12.3. The highest BCUT2D eigenvalue weighted by Gasteiger charge is 2.45. The number of amides is 3. The van der Waals surface area contributed by atoms with Gasteiger partial charge in [0.25, 0.3) is 0 Å². The smallest absolute Gasteiger partial charge is 0.416 e. The van der Waals surface area contributed by atoms with E-state index in [1.165, 1.54) is 0 Å². The fourth-order valence-electron chi connectivity index (χ4n) is 4.37. The van der Waals surface area contributed by atoms with E-state index in [1.807, 2.05) is 42.5 Å². The average molecular weight is 514 g/mol. The molecule has 0 aliphatic carbocycles. The fourth-order valence-corrected chi connectivity index (χ4v) is 4.37. The number of carbonyl (C=O) groups excluding carboxylic acids is 3. The van der Waals surface area contributed by atoms with Gasteiger partial charge in [0, 0.05) is 4.91 Å². The number of carbonyl (C=O) groups is 3. The minimum Gasteiger partial charge on any atom is -0.447 e. The summed E-state index contributed by atoms with van der Waals surface area (Å²) in [5.74, 6) is -0.588. The summed E-state index contributed by atoms with van der Waals surface area (Å²) in [5, 5.41) is 3.66. The second-order valence-electron chi connectivity index (χ2n) is 10.5. The average Bonchev–Trinajstić information content (AvgIpc) is 3.33.